The van der Waals surface area contributed by atoms with Crippen molar-refractivity contribution in [1.82, 2.24) is 0 Å². The van der Waals surface area contributed by atoms with Gasteiger partial charge in [0.2, 0.25) is 5.78 Å². The third-order valence-corrected chi connectivity index (χ3v) is 7.15. The Morgan fingerprint density at radius 3 is 2.56 bits per heavy atom. The Balaban J connectivity index is 2.13. The Morgan fingerprint density at radius 1 is 1.30 bits per heavy atom. The molecule has 3 aliphatic rings. The summed E-state index contributed by atoms with van der Waals surface area (Å²) < 4.78 is 5.68. The maximum atomic E-state index is 13.5. The lowest BCUT2D eigenvalue weighted by molar-refractivity contribution is -0.168. The minimum atomic E-state index is -1.40. The number of hydrogen-bond acceptors (Lipinski definition) is 5. The summed E-state index contributed by atoms with van der Waals surface area (Å²) in [6.07, 6.45) is 4.98. The normalized spacial score (nSPS) is 40.9. The molecule has 0 bridgehead atoms. The predicted molar refractivity (Wildman–Crippen MR) is 102 cm³/mol. The van der Waals surface area contributed by atoms with E-state index in [-0.39, 0.29) is 30.1 Å². The summed E-state index contributed by atoms with van der Waals surface area (Å²) in [6, 6.07) is 0. The minimum absolute atomic E-state index is 0.119. The number of allylic oxidation sites excluding steroid dienone is 1. The highest BCUT2D eigenvalue weighted by Crippen LogP contribution is 2.62. The Morgan fingerprint density at radius 2 is 1.96 bits per heavy atom. The van der Waals surface area contributed by atoms with Crippen molar-refractivity contribution in [2.75, 3.05) is 6.61 Å². The highest BCUT2D eigenvalue weighted by molar-refractivity contribution is 6.03. The summed E-state index contributed by atoms with van der Waals surface area (Å²) >= 11 is 0. The number of carbonyl (C=O) groups excluding carboxylic acids is 2. The SMILES string of the molecule is CC(=O)O[C@]12C[C@H](C)[C@H](O)[C@@H]1C=C(CO)CC[C@H]1[C@@H](C=C(C)C2=O)C1(C)C. The van der Waals surface area contributed by atoms with Crippen molar-refractivity contribution in [2.45, 2.75) is 65.6 Å². The molecule has 0 aromatic rings. The van der Waals surface area contributed by atoms with Crippen molar-refractivity contribution in [2.24, 2.45) is 29.1 Å². The highest BCUT2D eigenvalue weighted by atomic mass is 16.6. The number of carbonyl (C=O) groups is 2. The molecular formula is C22H32O5. The molecule has 2 N–H and O–H groups in total. The molecule has 0 aromatic carbocycles. The number of aliphatic hydroxyl groups is 2. The van der Waals surface area contributed by atoms with E-state index in [4.69, 9.17) is 4.74 Å². The Bertz CT molecular complexity index is 703. The van der Waals surface area contributed by atoms with Crippen LogP contribution in [0.4, 0.5) is 0 Å². The number of Topliss-reactive ketones (excluding diaryl/α,β-unsaturated/α-hetero) is 1. The van der Waals surface area contributed by atoms with Crippen molar-refractivity contribution >= 4 is 11.8 Å². The number of fused-ring (bicyclic) bond motifs is 2. The van der Waals surface area contributed by atoms with Crippen LogP contribution in [0.5, 0.6) is 0 Å². The highest BCUT2D eigenvalue weighted by Gasteiger charge is 2.60. The molecule has 3 rings (SSSR count). The molecule has 0 radical (unpaired) electrons. The number of ketones is 1. The van der Waals surface area contributed by atoms with Crippen LogP contribution in [0, 0.1) is 29.1 Å². The van der Waals surface area contributed by atoms with E-state index in [1.54, 1.807) is 13.0 Å². The van der Waals surface area contributed by atoms with E-state index in [0.717, 1.165) is 18.4 Å². The molecule has 150 valence electrons. The number of esters is 1. The van der Waals surface area contributed by atoms with Gasteiger partial charge < -0.3 is 14.9 Å². The van der Waals surface area contributed by atoms with Crippen LogP contribution in [0.25, 0.3) is 0 Å². The average molecular weight is 376 g/mol. The van der Waals surface area contributed by atoms with Crippen LogP contribution in [0.1, 0.15) is 53.9 Å². The van der Waals surface area contributed by atoms with Crippen LogP contribution >= 0.6 is 0 Å². The lowest BCUT2D eigenvalue weighted by Crippen LogP contribution is -2.48. The smallest absolute Gasteiger partial charge is 0.303 e. The largest absolute Gasteiger partial charge is 0.450 e. The molecule has 6 atom stereocenters. The molecule has 3 aliphatic carbocycles. The fourth-order valence-corrected chi connectivity index (χ4v) is 5.41. The molecule has 0 aromatic heterocycles. The number of rotatable bonds is 2. The summed E-state index contributed by atoms with van der Waals surface area (Å²) in [5, 5.41) is 20.7. The van der Waals surface area contributed by atoms with Crippen LogP contribution in [0.2, 0.25) is 0 Å². The fraction of sp³-hybridized carbons (Fsp3) is 0.727. The summed E-state index contributed by atoms with van der Waals surface area (Å²) in [7, 11) is 0. The third kappa shape index (κ3) is 3.29. The van der Waals surface area contributed by atoms with E-state index in [1.165, 1.54) is 6.92 Å². The maximum Gasteiger partial charge on any atom is 0.303 e. The van der Waals surface area contributed by atoms with E-state index in [2.05, 4.69) is 13.8 Å². The van der Waals surface area contributed by atoms with Gasteiger partial charge in [-0.15, -0.1) is 0 Å². The first kappa shape index (κ1) is 20.3. The molecule has 0 amide bonds. The molecule has 2 saturated carbocycles. The van der Waals surface area contributed by atoms with Crippen LogP contribution in [0.15, 0.2) is 23.3 Å². The second kappa shape index (κ2) is 6.85. The number of aliphatic hydroxyl groups excluding tert-OH is 2. The van der Waals surface area contributed by atoms with E-state index in [0.29, 0.717) is 17.4 Å². The molecule has 0 unspecified atom stereocenters. The minimum Gasteiger partial charge on any atom is -0.450 e. The van der Waals surface area contributed by atoms with E-state index in [1.807, 2.05) is 13.0 Å². The monoisotopic (exact) mass is 376 g/mol. The lowest BCUT2D eigenvalue weighted by atomic mass is 9.81. The van der Waals surface area contributed by atoms with E-state index >= 15 is 0 Å². The second-order valence-electron chi connectivity index (χ2n) is 9.34. The summed E-state index contributed by atoms with van der Waals surface area (Å²) in [6.45, 7) is 9.25. The number of ether oxygens (including phenoxy) is 1. The van der Waals surface area contributed by atoms with Gasteiger partial charge in [0, 0.05) is 13.3 Å². The molecule has 0 spiro atoms. The van der Waals surface area contributed by atoms with Crippen LogP contribution in [-0.2, 0) is 14.3 Å². The van der Waals surface area contributed by atoms with Gasteiger partial charge in [-0.3, -0.25) is 9.59 Å². The van der Waals surface area contributed by atoms with Gasteiger partial charge in [-0.05, 0) is 54.1 Å². The van der Waals surface area contributed by atoms with Crippen molar-refractivity contribution in [3.8, 4) is 0 Å². The van der Waals surface area contributed by atoms with Crippen molar-refractivity contribution < 1.29 is 24.5 Å². The zero-order chi connectivity index (χ0) is 20.1. The first-order valence-corrected chi connectivity index (χ1v) is 9.96. The Hall–Kier alpha value is -1.46. The Kier molecular flexibility index (Phi) is 5.15. The average Bonchev–Trinajstić information content (AvgIpc) is 3.01. The van der Waals surface area contributed by atoms with Gasteiger partial charge in [0.1, 0.15) is 0 Å². The van der Waals surface area contributed by atoms with Crippen LogP contribution in [0.3, 0.4) is 0 Å². The van der Waals surface area contributed by atoms with Gasteiger partial charge >= 0.3 is 5.97 Å². The molecule has 2 fully saturated rings. The van der Waals surface area contributed by atoms with Crippen molar-refractivity contribution in [3.05, 3.63) is 23.3 Å². The van der Waals surface area contributed by atoms with Crippen LogP contribution < -0.4 is 0 Å². The Labute approximate surface area is 161 Å². The predicted octanol–water partition coefficient (Wildman–Crippen LogP) is 2.81. The second-order valence-corrected chi connectivity index (χ2v) is 9.34. The molecule has 0 aliphatic heterocycles. The molecular weight excluding hydrogens is 344 g/mol. The molecule has 0 saturated heterocycles. The van der Waals surface area contributed by atoms with Crippen LogP contribution in [-0.4, -0.2) is 40.3 Å². The quantitative estimate of drug-likeness (QED) is 0.572. The van der Waals surface area contributed by atoms with Crippen molar-refractivity contribution in [3.63, 3.8) is 0 Å². The lowest BCUT2D eigenvalue weighted by Gasteiger charge is -2.33. The van der Waals surface area contributed by atoms with Gasteiger partial charge in [-0.2, -0.15) is 0 Å². The van der Waals surface area contributed by atoms with Crippen molar-refractivity contribution in [1.29, 1.82) is 0 Å². The van der Waals surface area contributed by atoms with E-state index in [9.17, 15) is 19.8 Å². The zero-order valence-electron chi connectivity index (χ0n) is 17.0. The van der Waals surface area contributed by atoms with Gasteiger partial charge in [-0.25, -0.2) is 0 Å². The van der Waals surface area contributed by atoms with Gasteiger partial charge in [0.05, 0.1) is 18.6 Å². The topological polar surface area (TPSA) is 83.8 Å². The molecule has 27 heavy (non-hydrogen) atoms. The fourth-order valence-electron chi connectivity index (χ4n) is 5.41. The summed E-state index contributed by atoms with van der Waals surface area (Å²) in [4.78, 5) is 25.4. The molecule has 5 heteroatoms. The van der Waals surface area contributed by atoms with Gasteiger partial charge in [0.25, 0.3) is 0 Å². The molecule has 5 nitrogen and oxygen atoms in total. The third-order valence-electron chi connectivity index (χ3n) is 7.15. The standard InChI is InChI=1S/C22H32O5/c1-12-8-17-16(21(17,4)5)7-6-15(11-23)9-18-19(25)13(2)10-22(18,20(12)26)27-14(3)24/h8-9,13,16-19,23,25H,6-7,10-11H2,1-5H3/t13-,16-,17+,18-,19-,22+/m0/s1. The van der Waals surface area contributed by atoms with E-state index < -0.39 is 23.6 Å². The zero-order valence-corrected chi connectivity index (χ0v) is 17.0. The van der Waals surface area contributed by atoms with Gasteiger partial charge in [0.15, 0.2) is 5.60 Å². The first-order chi connectivity index (χ1) is 12.5. The summed E-state index contributed by atoms with van der Waals surface area (Å²) in [5.74, 6) is -0.811. The molecule has 0 heterocycles. The van der Waals surface area contributed by atoms with Gasteiger partial charge in [-0.1, -0.05) is 32.9 Å². The maximum absolute atomic E-state index is 13.5. The first-order valence-electron chi connectivity index (χ1n) is 9.96. The number of hydrogen-bond donors (Lipinski definition) is 2. The summed E-state index contributed by atoms with van der Waals surface area (Å²) in [5.41, 5.74) is 0.130.